The average molecular weight is 514 g/mol. The summed E-state index contributed by atoms with van der Waals surface area (Å²) in [4.78, 5) is 28.4. The number of benzene rings is 2. The third kappa shape index (κ3) is 4.84. The Hall–Kier alpha value is -2.64. The number of unbranched alkanes of at least 4 members (excludes halogenated alkanes) is 3. The van der Waals surface area contributed by atoms with Gasteiger partial charge in [-0.25, -0.2) is 0 Å². The number of hydrogen-bond donors (Lipinski definition) is 0. The number of hydrogen-bond acceptors (Lipinski definition) is 5. The molecule has 2 heterocycles. The van der Waals surface area contributed by atoms with Crippen LogP contribution in [-0.4, -0.2) is 37.7 Å². The Kier molecular flexibility index (Phi) is 7.50. The molecule has 0 fully saturated rings. The molecule has 174 valence electrons. The number of amides is 1. The fraction of sp³-hybridized carbons (Fsp3) is 0.385. The first kappa shape index (κ1) is 23.5. The van der Waals surface area contributed by atoms with E-state index in [4.69, 9.17) is 13.9 Å². The molecule has 7 heteroatoms. The molecule has 1 unspecified atom stereocenters. The van der Waals surface area contributed by atoms with E-state index < -0.39 is 6.04 Å². The van der Waals surface area contributed by atoms with E-state index in [1.807, 2.05) is 24.3 Å². The predicted molar refractivity (Wildman–Crippen MR) is 131 cm³/mol. The first-order chi connectivity index (χ1) is 16.0. The minimum Gasteiger partial charge on any atom is -0.494 e. The van der Waals surface area contributed by atoms with Crippen LogP contribution in [-0.2, 0) is 4.74 Å². The quantitative estimate of drug-likeness (QED) is 0.325. The third-order valence-electron chi connectivity index (χ3n) is 5.93. The van der Waals surface area contributed by atoms with Crippen molar-refractivity contribution in [1.82, 2.24) is 4.90 Å². The Labute approximate surface area is 201 Å². The van der Waals surface area contributed by atoms with Crippen LogP contribution in [0.2, 0.25) is 0 Å². The van der Waals surface area contributed by atoms with Crippen LogP contribution < -0.4 is 10.2 Å². The molecule has 3 aromatic rings. The van der Waals surface area contributed by atoms with Crippen LogP contribution >= 0.6 is 15.9 Å². The summed E-state index contributed by atoms with van der Waals surface area (Å²) in [6.45, 7) is 3.56. The number of ether oxygens (including phenoxy) is 2. The van der Waals surface area contributed by atoms with Crippen molar-refractivity contribution < 1.29 is 18.7 Å². The van der Waals surface area contributed by atoms with E-state index in [9.17, 15) is 9.59 Å². The van der Waals surface area contributed by atoms with Gasteiger partial charge in [-0.15, -0.1) is 0 Å². The summed E-state index contributed by atoms with van der Waals surface area (Å²) in [6.07, 6.45) is 4.58. The zero-order valence-electron chi connectivity index (χ0n) is 18.9. The molecule has 0 spiro atoms. The van der Waals surface area contributed by atoms with Gasteiger partial charge in [-0.3, -0.25) is 9.59 Å². The van der Waals surface area contributed by atoms with E-state index in [2.05, 4.69) is 22.9 Å². The summed E-state index contributed by atoms with van der Waals surface area (Å²) in [5.41, 5.74) is 1.41. The molecule has 0 saturated heterocycles. The van der Waals surface area contributed by atoms with Gasteiger partial charge in [0.15, 0.2) is 5.43 Å². The van der Waals surface area contributed by atoms with Crippen LogP contribution in [0.3, 0.4) is 0 Å². The molecule has 0 bridgehead atoms. The Morgan fingerprint density at radius 2 is 1.82 bits per heavy atom. The van der Waals surface area contributed by atoms with Gasteiger partial charge >= 0.3 is 0 Å². The molecule has 1 amide bonds. The molecule has 0 N–H and O–H groups in total. The molecule has 0 radical (unpaired) electrons. The molecular formula is C26H28BrNO5. The molecule has 1 aromatic heterocycles. The number of carbonyl (C=O) groups excluding carboxylic acids is 1. The van der Waals surface area contributed by atoms with Crippen LogP contribution in [0.4, 0.5) is 0 Å². The van der Waals surface area contributed by atoms with Crippen molar-refractivity contribution in [2.45, 2.75) is 38.6 Å². The highest BCUT2D eigenvalue weighted by molar-refractivity contribution is 9.10. The molecule has 2 aromatic carbocycles. The van der Waals surface area contributed by atoms with Crippen LogP contribution in [0.15, 0.2) is 56.1 Å². The van der Waals surface area contributed by atoms with Crippen LogP contribution in [0.5, 0.6) is 5.75 Å². The largest absolute Gasteiger partial charge is 0.494 e. The summed E-state index contributed by atoms with van der Waals surface area (Å²) in [5, 5.41) is 0.446. The van der Waals surface area contributed by atoms with Crippen molar-refractivity contribution in [3.8, 4) is 5.75 Å². The lowest BCUT2D eigenvalue weighted by atomic mass is 9.98. The summed E-state index contributed by atoms with van der Waals surface area (Å²) < 4.78 is 17.8. The fourth-order valence-electron chi connectivity index (χ4n) is 4.22. The maximum absolute atomic E-state index is 13.5. The van der Waals surface area contributed by atoms with Gasteiger partial charge in [-0.1, -0.05) is 54.2 Å². The Balaban J connectivity index is 1.69. The molecule has 4 rings (SSSR count). The Bertz CT molecular complexity index is 1190. The topological polar surface area (TPSA) is 69.0 Å². The lowest BCUT2D eigenvalue weighted by Crippen LogP contribution is -2.32. The summed E-state index contributed by atoms with van der Waals surface area (Å²) in [7, 11) is 1.59. The van der Waals surface area contributed by atoms with Gasteiger partial charge in [0.1, 0.15) is 11.3 Å². The standard InChI is InChI=1S/C26H28BrNO5/c1-3-4-5-6-14-32-19-10-7-17(8-11-19)23-22-24(29)20-16-18(27)9-12-21(20)33-25(22)26(30)28(23)13-15-31-2/h7-12,16,23H,3-6,13-15H2,1-2H3. The van der Waals surface area contributed by atoms with Gasteiger partial charge in [0.05, 0.1) is 30.2 Å². The number of fused-ring (bicyclic) bond motifs is 2. The number of methoxy groups -OCH3 is 1. The van der Waals surface area contributed by atoms with E-state index in [-0.39, 0.29) is 17.1 Å². The highest BCUT2D eigenvalue weighted by Gasteiger charge is 2.42. The molecule has 1 aliphatic rings. The molecule has 1 aliphatic heterocycles. The van der Waals surface area contributed by atoms with Gasteiger partial charge in [-0.05, 0) is 42.3 Å². The molecular weight excluding hydrogens is 486 g/mol. The van der Waals surface area contributed by atoms with Crippen LogP contribution in [0.25, 0.3) is 11.0 Å². The SMILES string of the molecule is CCCCCCOc1ccc(C2c3c(oc4ccc(Br)cc4c3=O)C(=O)N2CCOC)cc1. The van der Waals surface area contributed by atoms with Crippen LogP contribution in [0, 0.1) is 0 Å². The highest BCUT2D eigenvalue weighted by Crippen LogP contribution is 2.38. The molecule has 6 nitrogen and oxygen atoms in total. The third-order valence-corrected chi connectivity index (χ3v) is 6.42. The fourth-order valence-corrected chi connectivity index (χ4v) is 4.59. The van der Waals surface area contributed by atoms with Crippen molar-refractivity contribution in [2.24, 2.45) is 0 Å². The second-order valence-corrected chi connectivity index (χ2v) is 9.10. The minimum atomic E-state index is -0.541. The lowest BCUT2D eigenvalue weighted by molar-refractivity contribution is 0.0663. The minimum absolute atomic E-state index is 0.104. The van der Waals surface area contributed by atoms with Gasteiger partial charge in [0.25, 0.3) is 5.91 Å². The zero-order valence-corrected chi connectivity index (χ0v) is 20.5. The van der Waals surface area contributed by atoms with Crippen molar-refractivity contribution in [2.75, 3.05) is 26.9 Å². The summed E-state index contributed by atoms with van der Waals surface area (Å²) in [6, 6.07) is 12.3. The van der Waals surface area contributed by atoms with E-state index >= 15 is 0 Å². The Morgan fingerprint density at radius 1 is 1.03 bits per heavy atom. The second-order valence-electron chi connectivity index (χ2n) is 8.19. The monoisotopic (exact) mass is 513 g/mol. The maximum Gasteiger partial charge on any atom is 0.290 e. The van der Waals surface area contributed by atoms with Gasteiger partial charge in [-0.2, -0.15) is 0 Å². The van der Waals surface area contributed by atoms with Crippen molar-refractivity contribution in [3.63, 3.8) is 0 Å². The maximum atomic E-state index is 13.5. The number of carbonyl (C=O) groups is 1. The van der Waals surface area contributed by atoms with E-state index in [1.165, 1.54) is 12.8 Å². The smallest absolute Gasteiger partial charge is 0.290 e. The normalized spacial score (nSPS) is 15.3. The van der Waals surface area contributed by atoms with E-state index in [0.29, 0.717) is 36.3 Å². The van der Waals surface area contributed by atoms with Crippen LogP contribution in [0.1, 0.15) is 60.3 Å². The highest BCUT2D eigenvalue weighted by atomic mass is 79.9. The average Bonchev–Trinajstić information content (AvgIpc) is 3.10. The Morgan fingerprint density at radius 3 is 2.55 bits per heavy atom. The second kappa shape index (κ2) is 10.5. The summed E-state index contributed by atoms with van der Waals surface area (Å²) >= 11 is 3.42. The van der Waals surface area contributed by atoms with E-state index in [1.54, 1.807) is 30.2 Å². The first-order valence-corrected chi connectivity index (χ1v) is 12.1. The number of rotatable bonds is 10. The predicted octanol–water partition coefficient (Wildman–Crippen LogP) is 5.71. The molecule has 33 heavy (non-hydrogen) atoms. The van der Waals surface area contributed by atoms with Crippen molar-refractivity contribution in [3.05, 3.63) is 74.0 Å². The van der Waals surface area contributed by atoms with Crippen molar-refractivity contribution in [1.29, 1.82) is 0 Å². The lowest BCUT2D eigenvalue weighted by Gasteiger charge is -2.25. The van der Waals surface area contributed by atoms with Gasteiger partial charge in [0.2, 0.25) is 5.76 Å². The molecule has 1 atom stereocenters. The summed E-state index contributed by atoms with van der Waals surface area (Å²) in [5.74, 6) is 0.579. The molecule has 0 saturated carbocycles. The van der Waals surface area contributed by atoms with E-state index in [0.717, 1.165) is 28.6 Å². The zero-order chi connectivity index (χ0) is 23.4. The number of halogens is 1. The van der Waals surface area contributed by atoms with Crippen molar-refractivity contribution >= 4 is 32.8 Å². The molecule has 0 aliphatic carbocycles. The van der Waals surface area contributed by atoms with Gasteiger partial charge < -0.3 is 18.8 Å². The first-order valence-electron chi connectivity index (χ1n) is 11.3. The van der Waals surface area contributed by atoms with Gasteiger partial charge in [0, 0.05) is 18.1 Å². The number of nitrogens with zero attached hydrogens (tertiary/aromatic N) is 1.